The highest BCUT2D eigenvalue weighted by Gasteiger charge is 2.21. The van der Waals surface area contributed by atoms with Gasteiger partial charge >= 0.3 is 0 Å². The maximum atomic E-state index is 10.9. The molecule has 27 heavy (non-hydrogen) atoms. The highest BCUT2D eigenvalue weighted by molar-refractivity contribution is 5.80. The lowest BCUT2D eigenvalue weighted by atomic mass is 10.2. The zero-order valence-corrected chi connectivity index (χ0v) is 15.3. The van der Waals surface area contributed by atoms with Crippen LogP contribution in [0.4, 0.5) is 11.6 Å². The van der Waals surface area contributed by atoms with Gasteiger partial charge in [0.15, 0.2) is 5.96 Å². The number of non-ortho nitro benzene ring substituents is 1. The molecule has 9 nitrogen and oxygen atoms in total. The van der Waals surface area contributed by atoms with Crippen molar-refractivity contribution in [3.63, 3.8) is 0 Å². The number of aliphatic imine (C=N–C) groups is 1. The van der Waals surface area contributed by atoms with E-state index in [1.165, 1.54) is 6.07 Å². The Morgan fingerprint density at radius 3 is 2.63 bits per heavy atom. The van der Waals surface area contributed by atoms with Crippen LogP contribution in [0.25, 0.3) is 0 Å². The Bertz CT molecular complexity index is 789. The van der Waals surface area contributed by atoms with E-state index in [1.54, 1.807) is 24.5 Å². The number of piperazine rings is 1. The van der Waals surface area contributed by atoms with Crippen LogP contribution in [-0.4, -0.2) is 58.5 Å². The molecule has 142 valence electrons. The van der Waals surface area contributed by atoms with Crippen molar-refractivity contribution in [1.82, 2.24) is 20.2 Å². The minimum absolute atomic E-state index is 0.0872. The van der Waals surface area contributed by atoms with Gasteiger partial charge in [0.25, 0.3) is 5.69 Å². The summed E-state index contributed by atoms with van der Waals surface area (Å²) in [7, 11) is 0. The molecule has 1 aromatic heterocycles. The first-order valence-electron chi connectivity index (χ1n) is 8.96. The van der Waals surface area contributed by atoms with Gasteiger partial charge in [-0.15, -0.1) is 0 Å². The van der Waals surface area contributed by atoms with E-state index in [0.29, 0.717) is 6.54 Å². The van der Waals surface area contributed by atoms with Crippen LogP contribution >= 0.6 is 0 Å². The summed E-state index contributed by atoms with van der Waals surface area (Å²) in [5.74, 6) is 1.56. The summed E-state index contributed by atoms with van der Waals surface area (Å²) < 4.78 is 0. The summed E-state index contributed by atoms with van der Waals surface area (Å²) >= 11 is 0. The molecule has 1 aliphatic rings. The van der Waals surface area contributed by atoms with Crippen LogP contribution in [0.5, 0.6) is 0 Å². The van der Waals surface area contributed by atoms with E-state index in [-0.39, 0.29) is 10.6 Å². The van der Waals surface area contributed by atoms with Gasteiger partial charge in [0, 0.05) is 57.3 Å². The second-order valence-corrected chi connectivity index (χ2v) is 6.12. The number of hydrogen-bond acceptors (Lipinski definition) is 6. The lowest BCUT2D eigenvalue weighted by molar-refractivity contribution is -0.384. The Hall–Kier alpha value is -3.23. The average Bonchev–Trinajstić information content (AvgIpc) is 2.72. The molecule has 1 fully saturated rings. The monoisotopic (exact) mass is 369 g/mol. The molecule has 0 amide bonds. The number of nitro benzene ring substituents is 1. The van der Waals surface area contributed by atoms with Gasteiger partial charge in [-0.3, -0.25) is 10.1 Å². The summed E-state index contributed by atoms with van der Waals surface area (Å²) in [5, 5.41) is 14.2. The number of aromatic nitrogens is 2. The van der Waals surface area contributed by atoms with Gasteiger partial charge in [-0.25, -0.2) is 15.0 Å². The van der Waals surface area contributed by atoms with Crippen LogP contribution in [0.3, 0.4) is 0 Å². The van der Waals surface area contributed by atoms with Gasteiger partial charge in [0.05, 0.1) is 11.5 Å². The number of rotatable bonds is 5. The van der Waals surface area contributed by atoms with Gasteiger partial charge < -0.3 is 15.1 Å². The highest BCUT2D eigenvalue weighted by Crippen LogP contribution is 2.14. The van der Waals surface area contributed by atoms with Gasteiger partial charge in [-0.05, 0) is 18.6 Å². The summed E-state index contributed by atoms with van der Waals surface area (Å²) in [6.45, 7) is 6.41. The fraction of sp³-hybridized carbons (Fsp3) is 0.389. The van der Waals surface area contributed by atoms with Crippen LogP contribution in [0.2, 0.25) is 0 Å². The Morgan fingerprint density at radius 1 is 1.22 bits per heavy atom. The van der Waals surface area contributed by atoms with E-state index in [2.05, 4.69) is 30.1 Å². The normalized spacial score (nSPS) is 14.9. The van der Waals surface area contributed by atoms with E-state index in [9.17, 15) is 10.1 Å². The van der Waals surface area contributed by atoms with Crippen molar-refractivity contribution < 1.29 is 4.92 Å². The molecule has 3 rings (SSSR count). The predicted molar refractivity (Wildman–Crippen MR) is 104 cm³/mol. The Balaban J connectivity index is 1.64. The van der Waals surface area contributed by atoms with E-state index < -0.39 is 0 Å². The largest absolute Gasteiger partial charge is 0.357 e. The SMILES string of the molecule is CCNC(=NCc1cccc([N+](=O)[O-])c1)N1CCN(c2ncccn2)CC1. The summed E-state index contributed by atoms with van der Waals surface area (Å²) in [6, 6.07) is 8.41. The molecule has 0 radical (unpaired) electrons. The van der Waals surface area contributed by atoms with Crippen LogP contribution in [0.15, 0.2) is 47.7 Å². The second-order valence-electron chi connectivity index (χ2n) is 6.12. The number of guanidine groups is 1. The van der Waals surface area contributed by atoms with Crippen LogP contribution in [-0.2, 0) is 6.54 Å². The van der Waals surface area contributed by atoms with Crippen molar-refractivity contribution >= 4 is 17.6 Å². The van der Waals surface area contributed by atoms with Crippen molar-refractivity contribution in [3.05, 3.63) is 58.4 Å². The molecular weight excluding hydrogens is 346 g/mol. The zero-order chi connectivity index (χ0) is 19.1. The smallest absolute Gasteiger partial charge is 0.269 e. The molecule has 2 heterocycles. The number of nitro groups is 1. The molecule has 0 saturated carbocycles. The van der Waals surface area contributed by atoms with Crippen molar-refractivity contribution in [1.29, 1.82) is 0 Å². The third-order valence-corrected chi connectivity index (χ3v) is 4.28. The lowest BCUT2D eigenvalue weighted by Crippen LogP contribution is -2.52. The van der Waals surface area contributed by atoms with Crippen LogP contribution in [0.1, 0.15) is 12.5 Å². The standard InChI is InChI=1S/C18H23N7O2/c1-2-19-17(22-14-15-5-3-6-16(13-15)25(26)27)23-9-11-24(12-10-23)18-20-7-4-8-21-18/h3-8,13H,2,9-12,14H2,1H3,(H,19,22). The Kier molecular flexibility index (Phi) is 6.14. The molecule has 1 aromatic carbocycles. The van der Waals surface area contributed by atoms with Crippen molar-refractivity contribution in [2.75, 3.05) is 37.6 Å². The van der Waals surface area contributed by atoms with Crippen molar-refractivity contribution in [2.45, 2.75) is 13.5 Å². The van der Waals surface area contributed by atoms with E-state index in [4.69, 9.17) is 0 Å². The molecule has 0 spiro atoms. The van der Waals surface area contributed by atoms with Crippen LogP contribution in [0, 0.1) is 10.1 Å². The van der Waals surface area contributed by atoms with Crippen molar-refractivity contribution in [3.8, 4) is 0 Å². The average molecular weight is 369 g/mol. The predicted octanol–water partition coefficient (Wildman–Crippen LogP) is 1.67. The van der Waals surface area contributed by atoms with Gasteiger partial charge in [-0.2, -0.15) is 0 Å². The molecule has 0 unspecified atom stereocenters. The first-order chi connectivity index (χ1) is 13.2. The Morgan fingerprint density at radius 2 is 1.96 bits per heavy atom. The summed E-state index contributed by atoms with van der Waals surface area (Å²) in [4.78, 5) is 28.2. The molecule has 1 N–H and O–H groups in total. The maximum absolute atomic E-state index is 10.9. The molecule has 0 atom stereocenters. The van der Waals surface area contributed by atoms with Gasteiger partial charge in [0.1, 0.15) is 0 Å². The summed E-state index contributed by atoms with van der Waals surface area (Å²) in [6.07, 6.45) is 3.50. The second kappa shape index (κ2) is 8.93. The Labute approximate surface area is 157 Å². The van der Waals surface area contributed by atoms with E-state index in [1.807, 2.05) is 19.1 Å². The molecule has 0 aliphatic carbocycles. The molecule has 9 heteroatoms. The van der Waals surface area contributed by atoms with E-state index in [0.717, 1.165) is 50.2 Å². The first-order valence-corrected chi connectivity index (χ1v) is 8.96. The van der Waals surface area contributed by atoms with Gasteiger partial charge in [-0.1, -0.05) is 12.1 Å². The lowest BCUT2D eigenvalue weighted by Gasteiger charge is -2.36. The summed E-state index contributed by atoms with van der Waals surface area (Å²) in [5.41, 5.74) is 0.903. The third kappa shape index (κ3) is 4.90. The minimum atomic E-state index is -0.386. The number of benzene rings is 1. The molecular formula is C18H23N7O2. The zero-order valence-electron chi connectivity index (χ0n) is 15.3. The first kappa shape index (κ1) is 18.6. The molecule has 1 saturated heterocycles. The van der Waals surface area contributed by atoms with Crippen LogP contribution < -0.4 is 10.2 Å². The fourth-order valence-electron chi connectivity index (χ4n) is 2.93. The molecule has 1 aliphatic heterocycles. The number of nitrogens with zero attached hydrogens (tertiary/aromatic N) is 6. The quantitative estimate of drug-likeness (QED) is 0.370. The number of anilines is 1. The fourth-order valence-corrected chi connectivity index (χ4v) is 2.93. The minimum Gasteiger partial charge on any atom is -0.357 e. The topological polar surface area (TPSA) is 99.8 Å². The molecule has 0 bridgehead atoms. The van der Waals surface area contributed by atoms with Gasteiger partial charge in [0.2, 0.25) is 5.95 Å². The number of nitrogens with one attached hydrogen (secondary N) is 1. The van der Waals surface area contributed by atoms with Crippen molar-refractivity contribution in [2.24, 2.45) is 4.99 Å². The maximum Gasteiger partial charge on any atom is 0.269 e. The van der Waals surface area contributed by atoms with E-state index >= 15 is 0 Å². The number of hydrogen-bond donors (Lipinski definition) is 1. The third-order valence-electron chi connectivity index (χ3n) is 4.28. The molecule has 2 aromatic rings. The highest BCUT2D eigenvalue weighted by atomic mass is 16.6.